The Bertz CT molecular complexity index is 921. The van der Waals surface area contributed by atoms with Gasteiger partial charge in [0.15, 0.2) is 11.5 Å². The van der Waals surface area contributed by atoms with Gasteiger partial charge >= 0.3 is 128 Å². The van der Waals surface area contributed by atoms with E-state index in [9.17, 15) is 4.79 Å². The molecule has 2 heterocycles. The van der Waals surface area contributed by atoms with Crippen LogP contribution < -0.4 is 19.7 Å². The molecule has 9 nitrogen and oxygen atoms in total. The fraction of sp³-hybridized carbons (Fsp3) is 0.316. The van der Waals surface area contributed by atoms with Crippen LogP contribution in [0.25, 0.3) is 5.32 Å². The normalized spacial score (nSPS) is 12.1. The van der Waals surface area contributed by atoms with E-state index in [4.69, 9.17) is 9.47 Å². The first kappa shape index (κ1) is 20.9. The number of carbonyl (C=O) groups is 1. The van der Waals surface area contributed by atoms with Gasteiger partial charge in [-0.3, -0.25) is 0 Å². The number of amides is 1. The fourth-order valence-corrected chi connectivity index (χ4v) is 2.90. The van der Waals surface area contributed by atoms with Gasteiger partial charge < -0.3 is 9.47 Å². The number of anilines is 1. The van der Waals surface area contributed by atoms with Crippen molar-refractivity contribution >= 4 is 28.5 Å². The van der Waals surface area contributed by atoms with Crippen LogP contribution in [-0.4, -0.2) is 46.6 Å². The molecule has 1 aromatic heterocycles. The Kier molecular flexibility index (Phi) is 7.29. The van der Waals surface area contributed by atoms with Gasteiger partial charge in [-0.15, -0.1) is 0 Å². The van der Waals surface area contributed by atoms with Crippen LogP contribution in [0.15, 0.2) is 29.3 Å². The van der Waals surface area contributed by atoms with E-state index in [1.807, 2.05) is 43.0 Å². The Labute approximate surface area is 180 Å². The number of rotatable bonds is 9. The minimum absolute atomic E-state index is 0.107. The topological polar surface area (TPSA) is 103 Å². The van der Waals surface area contributed by atoms with Crippen molar-refractivity contribution < 1.29 is 33.6 Å². The summed E-state index contributed by atoms with van der Waals surface area (Å²) in [4.78, 5) is 27.0. The van der Waals surface area contributed by atoms with E-state index in [1.54, 1.807) is 4.52 Å². The van der Waals surface area contributed by atoms with Gasteiger partial charge in [-0.25, -0.2) is 0 Å². The number of benzene rings is 1. The monoisotopic (exact) mass is 565 g/mol. The first-order chi connectivity index (χ1) is 14.1. The molecule has 1 aliphatic rings. The SMILES string of the molecule is CCN(CC(=O)NCc1ccc2c(c1)OCO2)c1cc(C)nc([N-]C=N[CH]=[W])n1. The summed E-state index contributed by atoms with van der Waals surface area (Å²) in [5, 5.41) is 7.07. The van der Waals surface area contributed by atoms with Gasteiger partial charge in [-0.2, -0.15) is 0 Å². The molecule has 0 unspecified atom stereocenters. The predicted molar refractivity (Wildman–Crippen MR) is 107 cm³/mol. The number of carbonyl (C=O) groups excluding carboxylic acids is 1. The van der Waals surface area contributed by atoms with Crippen LogP contribution in [0.2, 0.25) is 0 Å². The Morgan fingerprint density at radius 2 is 2.17 bits per heavy atom. The number of nitrogens with zero attached hydrogens (tertiary/aromatic N) is 5. The summed E-state index contributed by atoms with van der Waals surface area (Å²) in [6.07, 6.45) is 1.42. The molecule has 1 aromatic carbocycles. The third-order valence-corrected chi connectivity index (χ3v) is 4.53. The van der Waals surface area contributed by atoms with Crippen LogP contribution >= 0.6 is 0 Å². The standard InChI is InChI=1S/C19H22N6O3.W/c1-4-25(17-7-13(2)23-19(24-17)22-11-20-3)10-18(26)21-9-14-5-6-15-16(8-14)28-12-27-15;/h3,5-8,11H,4,9-10,12H2,1-2H3,(H2,21,22,23,24,26);/p-1. The Morgan fingerprint density at radius 1 is 1.34 bits per heavy atom. The maximum absolute atomic E-state index is 12.5. The summed E-state index contributed by atoms with van der Waals surface area (Å²) in [5.74, 6) is 2.28. The van der Waals surface area contributed by atoms with Gasteiger partial charge in [0.25, 0.3) is 0 Å². The van der Waals surface area contributed by atoms with Gasteiger partial charge in [0, 0.05) is 0 Å². The molecule has 29 heavy (non-hydrogen) atoms. The maximum atomic E-state index is 12.5. The molecule has 0 fully saturated rings. The van der Waals surface area contributed by atoms with E-state index >= 15 is 0 Å². The molecular formula is C19H21N6O3W-. The number of aryl methyl sites for hydroxylation is 1. The summed E-state index contributed by atoms with van der Waals surface area (Å²) in [6, 6.07) is 7.46. The van der Waals surface area contributed by atoms with Crippen LogP contribution in [-0.2, 0) is 30.7 Å². The quantitative estimate of drug-likeness (QED) is 0.369. The molecule has 10 heteroatoms. The summed E-state index contributed by atoms with van der Waals surface area (Å²) in [5.41, 5.74) is 1.71. The Balaban J connectivity index is 1.60. The molecular weight excluding hydrogens is 544 g/mol. The zero-order chi connectivity index (χ0) is 20.6. The van der Waals surface area contributed by atoms with Gasteiger partial charge in [0.1, 0.15) is 0 Å². The second-order valence-corrected chi connectivity index (χ2v) is 6.90. The molecule has 1 amide bonds. The van der Waals surface area contributed by atoms with E-state index in [2.05, 4.69) is 25.6 Å². The molecule has 1 N–H and O–H groups in total. The van der Waals surface area contributed by atoms with Crippen LogP contribution in [0, 0.1) is 6.92 Å². The second kappa shape index (κ2) is 10.1. The number of aliphatic imine (C=N–C) groups is 1. The van der Waals surface area contributed by atoms with Crippen molar-refractivity contribution in [1.82, 2.24) is 15.3 Å². The molecule has 3 rings (SSSR count). The van der Waals surface area contributed by atoms with Crippen molar-refractivity contribution in [3.8, 4) is 11.5 Å². The fourth-order valence-electron chi connectivity index (χ4n) is 2.70. The van der Waals surface area contributed by atoms with Crippen LogP contribution in [0.3, 0.4) is 0 Å². The van der Waals surface area contributed by atoms with Crippen molar-refractivity contribution in [3.63, 3.8) is 0 Å². The minimum atomic E-state index is -0.107. The zero-order valence-electron chi connectivity index (χ0n) is 16.2. The third-order valence-electron chi connectivity index (χ3n) is 4.10. The van der Waals surface area contributed by atoms with Gasteiger partial charge in [0.05, 0.1) is 0 Å². The molecule has 2 aromatic rings. The first-order valence-corrected chi connectivity index (χ1v) is 10.7. The summed E-state index contributed by atoms with van der Waals surface area (Å²) in [6.45, 7) is 5.26. The Hall–Kier alpha value is -2.80. The van der Waals surface area contributed by atoms with Crippen molar-refractivity contribution in [2.75, 3.05) is 24.8 Å². The van der Waals surface area contributed by atoms with E-state index in [-0.39, 0.29) is 19.2 Å². The molecule has 0 bridgehead atoms. The average molecular weight is 565 g/mol. The van der Waals surface area contributed by atoms with E-state index in [0.29, 0.717) is 30.6 Å². The second-order valence-electron chi connectivity index (χ2n) is 6.15. The molecule has 0 spiro atoms. The first-order valence-electron chi connectivity index (χ1n) is 9.01. The molecule has 1 aliphatic heterocycles. The third kappa shape index (κ3) is 5.84. The molecule has 152 valence electrons. The summed E-state index contributed by atoms with van der Waals surface area (Å²) < 4.78 is 12.4. The number of hydrogen-bond donors (Lipinski definition) is 1. The van der Waals surface area contributed by atoms with Crippen molar-refractivity contribution in [3.05, 3.63) is 40.8 Å². The number of hydrogen-bond acceptors (Lipinski definition) is 7. The molecule has 0 atom stereocenters. The van der Waals surface area contributed by atoms with Crippen molar-refractivity contribution in [2.45, 2.75) is 20.4 Å². The number of aromatic nitrogens is 2. The number of nitrogens with one attached hydrogen (secondary N) is 1. The van der Waals surface area contributed by atoms with E-state index < -0.39 is 0 Å². The number of ether oxygens (including phenoxy) is 2. The van der Waals surface area contributed by atoms with E-state index in [1.165, 1.54) is 25.7 Å². The summed E-state index contributed by atoms with van der Waals surface area (Å²) in [7, 11) is 0. The zero-order valence-corrected chi connectivity index (χ0v) is 19.1. The van der Waals surface area contributed by atoms with Crippen LogP contribution in [0.1, 0.15) is 18.2 Å². The van der Waals surface area contributed by atoms with Crippen molar-refractivity contribution in [1.29, 1.82) is 0 Å². The van der Waals surface area contributed by atoms with Gasteiger partial charge in [0.2, 0.25) is 6.79 Å². The average Bonchev–Trinajstić information content (AvgIpc) is 3.18. The molecule has 0 aliphatic carbocycles. The number of likely N-dealkylation sites (N-methyl/N-ethyl adjacent to an activating group) is 1. The van der Waals surface area contributed by atoms with Gasteiger partial charge in [-0.1, -0.05) is 6.07 Å². The summed E-state index contributed by atoms with van der Waals surface area (Å²) >= 11 is 1.24. The van der Waals surface area contributed by atoms with Gasteiger partial charge in [-0.05, 0) is 17.7 Å². The molecule has 0 radical (unpaired) electrons. The molecule has 0 saturated carbocycles. The van der Waals surface area contributed by atoms with Crippen molar-refractivity contribution in [2.24, 2.45) is 4.99 Å². The number of fused-ring (bicyclic) bond motifs is 1. The van der Waals surface area contributed by atoms with E-state index in [0.717, 1.165) is 17.0 Å². The Morgan fingerprint density at radius 3 is 2.97 bits per heavy atom. The van der Waals surface area contributed by atoms with Crippen LogP contribution in [0.5, 0.6) is 11.5 Å². The van der Waals surface area contributed by atoms with Crippen LogP contribution in [0.4, 0.5) is 11.8 Å². The predicted octanol–water partition coefficient (Wildman–Crippen LogP) is 2.00. The molecule has 0 saturated heterocycles.